The summed E-state index contributed by atoms with van der Waals surface area (Å²) in [7, 11) is 1.79. The van der Waals surface area contributed by atoms with Gasteiger partial charge in [-0.25, -0.2) is 0 Å². The van der Waals surface area contributed by atoms with Crippen LogP contribution >= 0.6 is 0 Å². The van der Waals surface area contributed by atoms with Crippen molar-refractivity contribution in [2.75, 3.05) is 0 Å². The molecule has 0 aromatic carbocycles. The zero-order valence-corrected chi connectivity index (χ0v) is 13.1. The number of carboxylic acids is 1. The molecule has 0 aliphatic heterocycles. The van der Waals surface area contributed by atoms with Crippen molar-refractivity contribution in [3.05, 3.63) is 17.0 Å². The number of carbonyl (C=O) groups is 2. The molecule has 0 spiro atoms. The molecule has 2 unspecified atom stereocenters. The maximum atomic E-state index is 12.5. The van der Waals surface area contributed by atoms with Gasteiger partial charge in [-0.3, -0.25) is 14.3 Å². The number of amides is 1. The number of hydrogen-bond acceptors (Lipinski definition) is 3. The van der Waals surface area contributed by atoms with Gasteiger partial charge >= 0.3 is 5.97 Å². The second-order valence-corrected chi connectivity index (χ2v) is 6.16. The maximum Gasteiger partial charge on any atom is 0.311 e. The Labute approximate surface area is 124 Å². The summed E-state index contributed by atoms with van der Waals surface area (Å²) in [5.41, 5.74) is 1.12. The Morgan fingerprint density at radius 3 is 2.57 bits per heavy atom. The SMILES string of the molecule is Cc1nn(C)c(C)c1C(=O)NC1CCCCC1(C)C(=O)O. The average Bonchev–Trinajstić information content (AvgIpc) is 2.66. The highest BCUT2D eigenvalue weighted by atomic mass is 16.4. The molecule has 1 aromatic heterocycles. The predicted molar refractivity (Wildman–Crippen MR) is 78.1 cm³/mol. The van der Waals surface area contributed by atoms with Crippen LogP contribution in [-0.2, 0) is 11.8 Å². The molecule has 2 rings (SSSR count). The number of aromatic nitrogens is 2. The molecule has 0 radical (unpaired) electrons. The fourth-order valence-corrected chi connectivity index (χ4v) is 3.15. The Morgan fingerprint density at radius 1 is 1.38 bits per heavy atom. The summed E-state index contributed by atoms with van der Waals surface area (Å²) in [6.07, 6.45) is 3.13. The Hall–Kier alpha value is -1.85. The van der Waals surface area contributed by atoms with E-state index >= 15 is 0 Å². The summed E-state index contributed by atoms with van der Waals surface area (Å²) in [5, 5.41) is 16.7. The summed E-state index contributed by atoms with van der Waals surface area (Å²) in [5.74, 6) is -1.07. The van der Waals surface area contributed by atoms with Gasteiger partial charge in [0.25, 0.3) is 5.91 Å². The lowest BCUT2D eigenvalue weighted by molar-refractivity contribution is -0.151. The van der Waals surface area contributed by atoms with Gasteiger partial charge in [-0.2, -0.15) is 5.10 Å². The number of rotatable bonds is 3. The number of carboxylic acid groups (broad SMARTS) is 1. The topological polar surface area (TPSA) is 84.2 Å². The Balaban J connectivity index is 2.23. The Bertz CT molecular complexity index is 579. The van der Waals surface area contributed by atoms with Crippen molar-refractivity contribution in [2.24, 2.45) is 12.5 Å². The molecule has 1 fully saturated rings. The lowest BCUT2D eigenvalue weighted by Crippen LogP contribution is -2.52. The van der Waals surface area contributed by atoms with Gasteiger partial charge in [-0.1, -0.05) is 12.8 Å². The molecule has 1 amide bonds. The van der Waals surface area contributed by atoms with E-state index in [-0.39, 0.29) is 11.9 Å². The smallest absolute Gasteiger partial charge is 0.311 e. The third-order valence-electron chi connectivity index (χ3n) is 4.74. The van der Waals surface area contributed by atoms with Crippen molar-refractivity contribution < 1.29 is 14.7 Å². The van der Waals surface area contributed by atoms with E-state index in [9.17, 15) is 14.7 Å². The van der Waals surface area contributed by atoms with Gasteiger partial charge in [-0.05, 0) is 33.6 Å². The van der Waals surface area contributed by atoms with Crippen LogP contribution in [0.15, 0.2) is 0 Å². The fourth-order valence-electron chi connectivity index (χ4n) is 3.15. The highest BCUT2D eigenvalue weighted by Crippen LogP contribution is 2.36. The second-order valence-electron chi connectivity index (χ2n) is 6.16. The van der Waals surface area contributed by atoms with Gasteiger partial charge in [0.15, 0.2) is 0 Å². The summed E-state index contributed by atoms with van der Waals surface area (Å²) in [6, 6.07) is -0.338. The quantitative estimate of drug-likeness (QED) is 0.890. The summed E-state index contributed by atoms with van der Waals surface area (Å²) in [4.78, 5) is 24.1. The molecule has 1 aliphatic rings. The Kier molecular flexibility index (Phi) is 4.07. The van der Waals surface area contributed by atoms with Crippen LogP contribution in [0.1, 0.15) is 54.4 Å². The molecule has 2 atom stereocenters. The summed E-state index contributed by atoms with van der Waals surface area (Å²) < 4.78 is 1.67. The van der Waals surface area contributed by atoms with E-state index in [4.69, 9.17) is 0 Å². The molecule has 1 aliphatic carbocycles. The minimum Gasteiger partial charge on any atom is -0.481 e. The average molecular weight is 293 g/mol. The van der Waals surface area contributed by atoms with Crippen LogP contribution in [0.2, 0.25) is 0 Å². The monoisotopic (exact) mass is 293 g/mol. The predicted octanol–water partition coefficient (Wildman–Crippen LogP) is 1.80. The van der Waals surface area contributed by atoms with Crippen LogP contribution in [0, 0.1) is 19.3 Å². The molecule has 2 N–H and O–H groups in total. The number of nitrogens with one attached hydrogen (secondary N) is 1. The van der Waals surface area contributed by atoms with Crippen LogP contribution in [0.25, 0.3) is 0 Å². The van der Waals surface area contributed by atoms with Crippen molar-refractivity contribution in [2.45, 2.75) is 52.5 Å². The number of carbonyl (C=O) groups excluding carboxylic acids is 1. The highest BCUT2D eigenvalue weighted by molar-refractivity contribution is 5.97. The number of aryl methyl sites for hydroxylation is 2. The molecule has 1 aromatic rings. The molecular weight excluding hydrogens is 270 g/mol. The molecule has 6 nitrogen and oxygen atoms in total. The number of hydrogen-bond donors (Lipinski definition) is 2. The van der Waals surface area contributed by atoms with E-state index in [1.54, 1.807) is 25.6 Å². The minimum absolute atomic E-state index is 0.225. The second kappa shape index (κ2) is 5.50. The van der Waals surface area contributed by atoms with Crippen LogP contribution in [0.4, 0.5) is 0 Å². The van der Waals surface area contributed by atoms with Crippen LogP contribution in [-0.4, -0.2) is 32.8 Å². The highest BCUT2D eigenvalue weighted by Gasteiger charge is 2.44. The third kappa shape index (κ3) is 2.66. The first-order valence-corrected chi connectivity index (χ1v) is 7.32. The van der Waals surface area contributed by atoms with Crippen LogP contribution in [0.5, 0.6) is 0 Å². The fraction of sp³-hybridized carbons (Fsp3) is 0.667. The standard InChI is InChI=1S/C15H23N3O3/c1-9-12(10(2)18(4)17-9)13(19)16-11-7-5-6-8-15(11,3)14(20)21/h11H,5-8H2,1-4H3,(H,16,19)(H,20,21). The zero-order valence-electron chi connectivity index (χ0n) is 13.1. The van der Waals surface area contributed by atoms with Crippen LogP contribution in [0.3, 0.4) is 0 Å². The molecule has 6 heteroatoms. The van der Waals surface area contributed by atoms with Gasteiger partial charge < -0.3 is 10.4 Å². The first-order valence-electron chi connectivity index (χ1n) is 7.32. The number of nitrogens with zero attached hydrogens (tertiary/aromatic N) is 2. The maximum absolute atomic E-state index is 12.5. The van der Waals surface area contributed by atoms with E-state index in [0.717, 1.165) is 18.5 Å². The number of aliphatic carboxylic acids is 1. The van der Waals surface area contributed by atoms with Crippen LogP contribution < -0.4 is 5.32 Å². The first kappa shape index (κ1) is 15.5. The molecular formula is C15H23N3O3. The zero-order chi connectivity index (χ0) is 15.8. The summed E-state index contributed by atoms with van der Waals surface area (Å²) in [6.45, 7) is 5.35. The molecule has 0 bridgehead atoms. The molecule has 1 heterocycles. The van der Waals surface area contributed by atoms with Crippen molar-refractivity contribution in [3.63, 3.8) is 0 Å². The van der Waals surface area contributed by atoms with Gasteiger partial charge in [0, 0.05) is 18.8 Å². The van der Waals surface area contributed by atoms with E-state index in [1.807, 2.05) is 6.92 Å². The minimum atomic E-state index is -0.891. The van der Waals surface area contributed by atoms with Crippen molar-refractivity contribution in [1.82, 2.24) is 15.1 Å². The van der Waals surface area contributed by atoms with Gasteiger partial charge in [0.1, 0.15) is 0 Å². The van der Waals surface area contributed by atoms with Gasteiger partial charge in [0.2, 0.25) is 0 Å². The van der Waals surface area contributed by atoms with E-state index in [0.29, 0.717) is 24.1 Å². The van der Waals surface area contributed by atoms with Crippen molar-refractivity contribution >= 4 is 11.9 Å². The van der Waals surface area contributed by atoms with Gasteiger partial charge in [0.05, 0.1) is 16.7 Å². The largest absolute Gasteiger partial charge is 0.481 e. The van der Waals surface area contributed by atoms with Crippen molar-refractivity contribution in [1.29, 1.82) is 0 Å². The van der Waals surface area contributed by atoms with Crippen molar-refractivity contribution in [3.8, 4) is 0 Å². The first-order chi connectivity index (χ1) is 9.77. The van der Waals surface area contributed by atoms with Gasteiger partial charge in [-0.15, -0.1) is 0 Å². The lowest BCUT2D eigenvalue weighted by Gasteiger charge is -2.38. The van der Waals surface area contributed by atoms with E-state index in [1.165, 1.54) is 0 Å². The molecule has 116 valence electrons. The molecule has 21 heavy (non-hydrogen) atoms. The normalized spacial score (nSPS) is 25.6. The molecule has 0 saturated heterocycles. The molecule has 1 saturated carbocycles. The van der Waals surface area contributed by atoms with E-state index in [2.05, 4.69) is 10.4 Å². The lowest BCUT2D eigenvalue weighted by atomic mass is 9.71. The Morgan fingerprint density at radius 2 is 2.05 bits per heavy atom. The van der Waals surface area contributed by atoms with E-state index < -0.39 is 11.4 Å². The summed E-state index contributed by atoms with van der Waals surface area (Å²) >= 11 is 0. The third-order valence-corrected chi connectivity index (χ3v) is 4.74.